The van der Waals surface area contributed by atoms with Gasteiger partial charge in [-0.05, 0) is 49.9 Å². The Kier molecular flexibility index (Phi) is 4.29. The second-order valence-electron chi connectivity index (χ2n) is 5.24. The first kappa shape index (κ1) is 14.2. The predicted octanol–water partition coefficient (Wildman–Crippen LogP) is 3.73. The van der Waals surface area contributed by atoms with Gasteiger partial charge in [-0.2, -0.15) is 0 Å². The van der Waals surface area contributed by atoms with E-state index in [1.807, 2.05) is 0 Å². The van der Waals surface area contributed by atoms with Crippen molar-refractivity contribution in [2.75, 3.05) is 5.32 Å². The van der Waals surface area contributed by atoms with Crippen LogP contribution >= 0.6 is 11.3 Å². The summed E-state index contributed by atoms with van der Waals surface area (Å²) in [5.74, 6) is -0.365. The van der Waals surface area contributed by atoms with Crippen molar-refractivity contribution in [3.8, 4) is 0 Å². The third kappa shape index (κ3) is 3.67. The number of nitrogens with zero attached hydrogens (tertiary/aromatic N) is 1. The number of fused-ring (bicyclic) bond motifs is 1. The number of anilines is 1. The number of benzene rings is 1. The van der Waals surface area contributed by atoms with Crippen molar-refractivity contribution in [1.29, 1.82) is 0 Å². The van der Waals surface area contributed by atoms with Crippen molar-refractivity contribution in [3.05, 3.63) is 45.7 Å². The maximum Gasteiger partial charge on any atom is 0.224 e. The predicted molar refractivity (Wildman–Crippen MR) is 82.1 cm³/mol. The standard InChI is InChI=1S/C16H17FN2OS/c17-11-5-7-12(8-6-11)18-15(20)9-10-16-19-13-3-1-2-4-14(13)21-16/h5-8H,1-4,9-10H2,(H,18,20). The number of halogens is 1. The molecular weight excluding hydrogens is 287 g/mol. The Balaban J connectivity index is 1.53. The summed E-state index contributed by atoms with van der Waals surface area (Å²) in [6, 6.07) is 5.81. The highest BCUT2D eigenvalue weighted by Gasteiger charge is 2.15. The van der Waals surface area contributed by atoms with E-state index in [2.05, 4.69) is 10.3 Å². The lowest BCUT2D eigenvalue weighted by molar-refractivity contribution is -0.116. The molecule has 0 aliphatic heterocycles. The van der Waals surface area contributed by atoms with Crippen molar-refractivity contribution in [1.82, 2.24) is 4.98 Å². The highest BCUT2D eigenvalue weighted by atomic mass is 32.1. The minimum Gasteiger partial charge on any atom is -0.326 e. The van der Waals surface area contributed by atoms with Gasteiger partial charge in [-0.25, -0.2) is 9.37 Å². The maximum absolute atomic E-state index is 12.8. The number of amides is 1. The van der Waals surface area contributed by atoms with E-state index in [9.17, 15) is 9.18 Å². The number of carbonyl (C=O) groups excluding carboxylic acids is 1. The van der Waals surface area contributed by atoms with Gasteiger partial charge < -0.3 is 5.32 Å². The highest BCUT2D eigenvalue weighted by molar-refractivity contribution is 7.11. The van der Waals surface area contributed by atoms with Crippen LogP contribution in [-0.4, -0.2) is 10.9 Å². The van der Waals surface area contributed by atoms with Gasteiger partial charge in [0.05, 0.1) is 10.7 Å². The lowest BCUT2D eigenvalue weighted by atomic mass is 10.0. The van der Waals surface area contributed by atoms with Gasteiger partial charge in [0.2, 0.25) is 5.91 Å². The highest BCUT2D eigenvalue weighted by Crippen LogP contribution is 2.27. The molecule has 1 heterocycles. The molecule has 0 saturated heterocycles. The molecule has 0 unspecified atom stereocenters. The van der Waals surface area contributed by atoms with Gasteiger partial charge >= 0.3 is 0 Å². The summed E-state index contributed by atoms with van der Waals surface area (Å²) in [5.41, 5.74) is 1.86. The fourth-order valence-corrected chi connectivity index (χ4v) is 3.65. The zero-order valence-corrected chi connectivity index (χ0v) is 12.5. The van der Waals surface area contributed by atoms with Crippen LogP contribution in [0.15, 0.2) is 24.3 Å². The van der Waals surface area contributed by atoms with E-state index >= 15 is 0 Å². The Bertz CT molecular complexity index is 613. The lowest BCUT2D eigenvalue weighted by Crippen LogP contribution is -2.12. The topological polar surface area (TPSA) is 42.0 Å². The molecule has 1 aromatic heterocycles. The normalized spacial score (nSPS) is 13.8. The van der Waals surface area contributed by atoms with Crippen molar-refractivity contribution < 1.29 is 9.18 Å². The second kappa shape index (κ2) is 6.35. The monoisotopic (exact) mass is 304 g/mol. The van der Waals surface area contributed by atoms with Gasteiger partial charge in [-0.1, -0.05) is 0 Å². The second-order valence-corrected chi connectivity index (χ2v) is 6.41. The number of hydrogen-bond acceptors (Lipinski definition) is 3. The van der Waals surface area contributed by atoms with Crippen LogP contribution in [0.5, 0.6) is 0 Å². The third-order valence-corrected chi connectivity index (χ3v) is 4.80. The van der Waals surface area contributed by atoms with Crippen molar-refractivity contribution >= 4 is 22.9 Å². The molecule has 1 amide bonds. The van der Waals surface area contributed by atoms with E-state index in [0.717, 1.165) is 17.8 Å². The van der Waals surface area contributed by atoms with Crippen molar-refractivity contribution in [3.63, 3.8) is 0 Å². The van der Waals surface area contributed by atoms with Crippen LogP contribution in [0, 0.1) is 5.82 Å². The van der Waals surface area contributed by atoms with Crippen LogP contribution in [0.3, 0.4) is 0 Å². The van der Waals surface area contributed by atoms with E-state index in [1.54, 1.807) is 23.5 Å². The summed E-state index contributed by atoms with van der Waals surface area (Å²) in [4.78, 5) is 17.9. The molecule has 21 heavy (non-hydrogen) atoms. The fraction of sp³-hybridized carbons (Fsp3) is 0.375. The molecular formula is C16H17FN2OS. The average molecular weight is 304 g/mol. The molecule has 3 rings (SSSR count). The molecule has 1 aromatic carbocycles. The first-order valence-corrected chi connectivity index (χ1v) is 8.05. The Morgan fingerprint density at radius 3 is 2.76 bits per heavy atom. The number of aromatic nitrogens is 1. The molecule has 1 aliphatic carbocycles. The first-order chi connectivity index (χ1) is 10.2. The first-order valence-electron chi connectivity index (χ1n) is 7.23. The van der Waals surface area contributed by atoms with E-state index in [4.69, 9.17) is 0 Å². The van der Waals surface area contributed by atoms with Crippen LogP contribution in [0.25, 0.3) is 0 Å². The van der Waals surface area contributed by atoms with Crippen LogP contribution < -0.4 is 5.32 Å². The van der Waals surface area contributed by atoms with Crippen LogP contribution in [0.2, 0.25) is 0 Å². The zero-order chi connectivity index (χ0) is 14.7. The quantitative estimate of drug-likeness (QED) is 0.935. The molecule has 1 N–H and O–H groups in total. The van der Waals surface area contributed by atoms with Gasteiger partial charge in [-0.15, -0.1) is 11.3 Å². The van der Waals surface area contributed by atoms with Crippen LogP contribution in [-0.2, 0) is 24.1 Å². The summed E-state index contributed by atoms with van der Waals surface area (Å²) >= 11 is 1.74. The Morgan fingerprint density at radius 2 is 2.00 bits per heavy atom. The Hall–Kier alpha value is -1.75. The molecule has 3 nitrogen and oxygen atoms in total. The van der Waals surface area contributed by atoms with Crippen LogP contribution in [0.1, 0.15) is 34.8 Å². The SMILES string of the molecule is O=C(CCc1nc2c(s1)CCCC2)Nc1ccc(F)cc1. The molecule has 2 aromatic rings. The summed E-state index contributed by atoms with van der Waals surface area (Å²) in [5, 5.41) is 3.82. The van der Waals surface area contributed by atoms with Crippen molar-refractivity contribution in [2.45, 2.75) is 38.5 Å². The zero-order valence-electron chi connectivity index (χ0n) is 11.7. The molecule has 1 aliphatic rings. The van der Waals surface area contributed by atoms with Gasteiger partial charge in [0.1, 0.15) is 5.82 Å². The summed E-state index contributed by atoms with van der Waals surface area (Å²) in [7, 11) is 0. The minimum atomic E-state index is -0.304. The van der Waals surface area contributed by atoms with Gasteiger partial charge in [0, 0.05) is 23.4 Å². The van der Waals surface area contributed by atoms with E-state index in [1.165, 1.54) is 35.5 Å². The molecule has 0 radical (unpaired) electrons. The molecule has 0 saturated carbocycles. The average Bonchev–Trinajstić information content (AvgIpc) is 2.90. The summed E-state index contributed by atoms with van der Waals surface area (Å²) in [6.07, 6.45) is 5.76. The van der Waals surface area contributed by atoms with E-state index in [-0.39, 0.29) is 11.7 Å². The largest absolute Gasteiger partial charge is 0.326 e. The number of thiazole rings is 1. The molecule has 5 heteroatoms. The fourth-order valence-electron chi connectivity index (χ4n) is 2.49. The van der Waals surface area contributed by atoms with Gasteiger partial charge in [0.15, 0.2) is 0 Å². The van der Waals surface area contributed by atoms with E-state index < -0.39 is 0 Å². The van der Waals surface area contributed by atoms with E-state index in [0.29, 0.717) is 18.5 Å². The number of aryl methyl sites for hydroxylation is 3. The number of carbonyl (C=O) groups is 1. The number of rotatable bonds is 4. The molecule has 0 atom stereocenters. The van der Waals surface area contributed by atoms with Gasteiger partial charge in [-0.3, -0.25) is 4.79 Å². The summed E-state index contributed by atoms with van der Waals surface area (Å²) in [6.45, 7) is 0. The van der Waals surface area contributed by atoms with Crippen molar-refractivity contribution in [2.24, 2.45) is 0 Å². The molecule has 110 valence electrons. The molecule has 0 spiro atoms. The Morgan fingerprint density at radius 1 is 1.24 bits per heavy atom. The minimum absolute atomic E-state index is 0.0604. The van der Waals surface area contributed by atoms with Gasteiger partial charge in [0.25, 0.3) is 0 Å². The lowest BCUT2D eigenvalue weighted by Gasteiger charge is -2.06. The smallest absolute Gasteiger partial charge is 0.224 e. The maximum atomic E-state index is 12.8. The molecule has 0 bridgehead atoms. The molecule has 0 fully saturated rings. The number of nitrogens with one attached hydrogen (secondary N) is 1. The number of hydrogen-bond donors (Lipinski definition) is 1. The Labute approximate surface area is 127 Å². The third-order valence-electron chi connectivity index (χ3n) is 3.58. The van der Waals surface area contributed by atoms with Crippen LogP contribution in [0.4, 0.5) is 10.1 Å². The summed E-state index contributed by atoms with van der Waals surface area (Å²) < 4.78 is 12.8.